The fourth-order valence-corrected chi connectivity index (χ4v) is 3.48. The van der Waals surface area contributed by atoms with E-state index in [9.17, 15) is 19.2 Å². The van der Waals surface area contributed by atoms with E-state index in [0.717, 1.165) is 3.57 Å². The Kier molecular flexibility index (Phi) is 7.92. The summed E-state index contributed by atoms with van der Waals surface area (Å²) in [6.07, 6.45) is 1.70. The molecule has 0 saturated carbocycles. The van der Waals surface area contributed by atoms with Gasteiger partial charge in [0, 0.05) is 33.2 Å². The number of benzene rings is 2. The third kappa shape index (κ3) is 6.13. The van der Waals surface area contributed by atoms with Gasteiger partial charge in [-0.1, -0.05) is 0 Å². The highest BCUT2D eigenvalue weighted by atomic mass is 127. The Hall–Kier alpha value is -3.28. The molecule has 0 atom stereocenters. The van der Waals surface area contributed by atoms with Crippen LogP contribution in [0.3, 0.4) is 0 Å². The third-order valence-electron chi connectivity index (χ3n) is 4.66. The fraction of sp³-hybridized carbons (Fsp3) is 0.227. The number of hydrogen-bond acceptors (Lipinski definition) is 6. The van der Waals surface area contributed by atoms with Crippen LogP contribution in [0.1, 0.15) is 41.6 Å². The first-order valence-corrected chi connectivity index (χ1v) is 10.9. The number of methoxy groups -OCH3 is 1. The predicted octanol–water partition coefficient (Wildman–Crippen LogP) is 3.05. The second-order valence-electron chi connectivity index (χ2n) is 6.95. The normalized spacial score (nSPS) is 13.3. The van der Waals surface area contributed by atoms with Crippen molar-refractivity contribution in [3.8, 4) is 0 Å². The Morgan fingerprint density at radius 1 is 1.06 bits per heavy atom. The van der Waals surface area contributed by atoms with E-state index in [0.29, 0.717) is 35.3 Å². The highest BCUT2D eigenvalue weighted by molar-refractivity contribution is 14.1. The van der Waals surface area contributed by atoms with Gasteiger partial charge in [0.2, 0.25) is 5.91 Å². The number of rotatable bonds is 8. The van der Waals surface area contributed by atoms with Crippen molar-refractivity contribution in [1.82, 2.24) is 5.43 Å². The molecule has 1 aliphatic rings. The molecule has 3 N–H and O–H groups in total. The van der Waals surface area contributed by atoms with Crippen LogP contribution in [0.5, 0.6) is 0 Å². The molecule has 10 heteroatoms. The number of unbranched alkanes of at least 4 members (excludes halogenated alkanes) is 1. The maximum atomic E-state index is 12.4. The molecule has 0 radical (unpaired) electrons. The van der Waals surface area contributed by atoms with Gasteiger partial charge in [0.05, 0.1) is 12.8 Å². The second-order valence-corrected chi connectivity index (χ2v) is 8.20. The van der Waals surface area contributed by atoms with Gasteiger partial charge in [-0.05, 0) is 77.9 Å². The Morgan fingerprint density at radius 3 is 2.50 bits per heavy atom. The molecule has 1 heterocycles. The molecular weight excluding hydrogens is 527 g/mol. The standard InChI is InChI=1S/C22H21IN4O5/c1-32-19(29)5-3-2-4-18(28)24-15-9-6-13(7-10-15)21(30)27-26-20-16-12-14(23)8-11-17(16)25-22(20)31/h6-12H,2-5H2,1H3,(H,24,28)(H,27,30)(H,25,26,31). The number of anilines is 2. The predicted molar refractivity (Wildman–Crippen MR) is 127 cm³/mol. The van der Waals surface area contributed by atoms with Crippen molar-refractivity contribution in [3.05, 3.63) is 57.2 Å². The van der Waals surface area contributed by atoms with Crippen LogP contribution in [0, 0.1) is 3.57 Å². The van der Waals surface area contributed by atoms with E-state index in [-0.39, 0.29) is 36.3 Å². The SMILES string of the molecule is COC(=O)CCCCC(=O)Nc1ccc(C(=O)N/N=C2\C(=O)Nc3ccc(I)cc32)cc1. The summed E-state index contributed by atoms with van der Waals surface area (Å²) in [5, 5.41) is 9.44. The molecule has 0 saturated heterocycles. The Bertz CT molecular complexity index is 1080. The monoisotopic (exact) mass is 548 g/mol. The first-order chi connectivity index (χ1) is 15.4. The molecule has 3 amide bonds. The van der Waals surface area contributed by atoms with Crippen molar-refractivity contribution >= 4 is 63.4 Å². The molecule has 0 aromatic heterocycles. The fourth-order valence-electron chi connectivity index (χ4n) is 2.99. The summed E-state index contributed by atoms with van der Waals surface area (Å²) < 4.78 is 5.50. The Balaban J connectivity index is 1.53. The van der Waals surface area contributed by atoms with Gasteiger partial charge in [-0.2, -0.15) is 5.10 Å². The summed E-state index contributed by atoms with van der Waals surface area (Å²) in [6.45, 7) is 0. The van der Waals surface area contributed by atoms with Crippen molar-refractivity contribution < 1.29 is 23.9 Å². The zero-order chi connectivity index (χ0) is 23.1. The summed E-state index contributed by atoms with van der Waals surface area (Å²) >= 11 is 2.14. The molecular formula is C22H21IN4O5. The minimum atomic E-state index is -0.481. The van der Waals surface area contributed by atoms with Gasteiger partial charge in [-0.15, -0.1) is 0 Å². The number of halogens is 1. The smallest absolute Gasteiger partial charge is 0.305 e. The van der Waals surface area contributed by atoms with Crippen molar-refractivity contribution in [2.75, 3.05) is 17.7 Å². The van der Waals surface area contributed by atoms with Gasteiger partial charge in [0.25, 0.3) is 11.8 Å². The Morgan fingerprint density at radius 2 is 1.78 bits per heavy atom. The van der Waals surface area contributed by atoms with Crippen LogP contribution in [0.4, 0.5) is 11.4 Å². The van der Waals surface area contributed by atoms with E-state index in [2.05, 4.69) is 48.5 Å². The zero-order valence-electron chi connectivity index (χ0n) is 17.2. The molecule has 0 aliphatic carbocycles. The number of ether oxygens (including phenoxy) is 1. The van der Waals surface area contributed by atoms with Crippen LogP contribution in [0.15, 0.2) is 47.6 Å². The van der Waals surface area contributed by atoms with E-state index in [1.54, 1.807) is 30.3 Å². The molecule has 3 rings (SSSR count). The highest BCUT2D eigenvalue weighted by Gasteiger charge is 2.26. The lowest BCUT2D eigenvalue weighted by atomic mass is 10.1. The molecule has 0 spiro atoms. The first-order valence-electron chi connectivity index (χ1n) is 9.83. The molecule has 0 bridgehead atoms. The zero-order valence-corrected chi connectivity index (χ0v) is 19.4. The van der Waals surface area contributed by atoms with Gasteiger partial charge < -0.3 is 15.4 Å². The summed E-state index contributed by atoms with van der Waals surface area (Å²) in [4.78, 5) is 47.6. The summed E-state index contributed by atoms with van der Waals surface area (Å²) in [6, 6.07) is 11.8. The lowest BCUT2D eigenvalue weighted by Crippen LogP contribution is -2.23. The van der Waals surface area contributed by atoms with E-state index in [4.69, 9.17) is 0 Å². The van der Waals surface area contributed by atoms with Crippen LogP contribution in [0.2, 0.25) is 0 Å². The van der Waals surface area contributed by atoms with Gasteiger partial charge in [0.1, 0.15) is 0 Å². The van der Waals surface area contributed by atoms with Gasteiger partial charge >= 0.3 is 5.97 Å². The third-order valence-corrected chi connectivity index (χ3v) is 5.33. The number of carbonyl (C=O) groups is 4. The molecule has 0 unspecified atom stereocenters. The number of esters is 1. The van der Waals surface area contributed by atoms with Crippen LogP contribution in [0.25, 0.3) is 0 Å². The molecule has 1 aliphatic heterocycles. The molecule has 2 aromatic carbocycles. The number of hydrazone groups is 1. The molecule has 0 fully saturated rings. The number of nitrogens with zero attached hydrogens (tertiary/aromatic N) is 1. The maximum absolute atomic E-state index is 12.4. The Labute approximate surface area is 198 Å². The summed E-state index contributed by atoms with van der Waals surface area (Å²) in [5.41, 5.74) is 4.69. The molecule has 2 aromatic rings. The molecule has 9 nitrogen and oxygen atoms in total. The van der Waals surface area contributed by atoms with Crippen LogP contribution >= 0.6 is 22.6 Å². The van der Waals surface area contributed by atoms with Crippen LogP contribution in [-0.4, -0.2) is 36.5 Å². The van der Waals surface area contributed by atoms with Gasteiger partial charge in [0.15, 0.2) is 5.71 Å². The van der Waals surface area contributed by atoms with Crippen molar-refractivity contribution in [2.24, 2.45) is 5.10 Å². The molecule has 166 valence electrons. The van der Waals surface area contributed by atoms with Crippen molar-refractivity contribution in [2.45, 2.75) is 25.7 Å². The second kappa shape index (κ2) is 10.8. The number of fused-ring (bicyclic) bond motifs is 1. The number of hydrogen-bond donors (Lipinski definition) is 3. The van der Waals surface area contributed by atoms with Crippen LogP contribution in [-0.2, 0) is 19.1 Å². The summed E-state index contributed by atoms with van der Waals surface area (Å²) in [7, 11) is 1.33. The number of amides is 3. The van der Waals surface area contributed by atoms with Gasteiger partial charge in [-0.25, -0.2) is 5.43 Å². The average Bonchev–Trinajstić information content (AvgIpc) is 3.09. The average molecular weight is 548 g/mol. The lowest BCUT2D eigenvalue weighted by molar-refractivity contribution is -0.140. The lowest BCUT2D eigenvalue weighted by Gasteiger charge is -2.06. The van der Waals surface area contributed by atoms with Crippen molar-refractivity contribution in [3.63, 3.8) is 0 Å². The number of nitrogens with one attached hydrogen (secondary N) is 3. The highest BCUT2D eigenvalue weighted by Crippen LogP contribution is 2.25. The minimum Gasteiger partial charge on any atom is -0.469 e. The van der Waals surface area contributed by atoms with E-state index in [1.165, 1.54) is 7.11 Å². The van der Waals surface area contributed by atoms with Crippen LogP contribution < -0.4 is 16.1 Å². The maximum Gasteiger partial charge on any atom is 0.305 e. The number of carbonyl (C=O) groups excluding carboxylic acids is 4. The minimum absolute atomic E-state index is 0.142. The van der Waals surface area contributed by atoms with Crippen molar-refractivity contribution in [1.29, 1.82) is 0 Å². The molecule has 32 heavy (non-hydrogen) atoms. The quantitative estimate of drug-likeness (QED) is 0.202. The topological polar surface area (TPSA) is 126 Å². The first kappa shape index (κ1) is 23.4. The largest absolute Gasteiger partial charge is 0.469 e. The van der Waals surface area contributed by atoms with E-state index >= 15 is 0 Å². The summed E-state index contributed by atoms with van der Waals surface area (Å²) in [5.74, 6) is -1.34. The van der Waals surface area contributed by atoms with Gasteiger partial charge in [-0.3, -0.25) is 19.2 Å². The van der Waals surface area contributed by atoms with E-state index < -0.39 is 5.91 Å². The van der Waals surface area contributed by atoms with E-state index in [1.807, 2.05) is 12.1 Å².